The minimum Gasteiger partial charge on any atom is -0.475 e. The number of aliphatic carboxylic acids is 1. The van der Waals surface area contributed by atoms with Crippen LogP contribution in [0.15, 0.2) is 36.5 Å². The van der Waals surface area contributed by atoms with E-state index in [9.17, 15) is 18.0 Å². The van der Waals surface area contributed by atoms with Crippen molar-refractivity contribution in [3.8, 4) is 6.07 Å². The largest absolute Gasteiger partial charge is 0.490 e. The van der Waals surface area contributed by atoms with Crippen LogP contribution in [0.1, 0.15) is 44.6 Å². The number of rotatable bonds is 8. The number of hydrogen-bond acceptors (Lipinski definition) is 8. The van der Waals surface area contributed by atoms with E-state index in [0.29, 0.717) is 12.4 Å². The zero-order valence-electron chi connectivity index (χ0n) is 23.4. The molecule has 0 radical (unpaired) electrons. The fraction of sp³-hybridized carbons (Fsp3) is 0.519. The molecule has 13 heteroatoms. The van der Waals surface area contributed by atoms with Crippen LogP contribution in [-0.2, 0) is 21.5 Å². The molecule has 2 heterocycles. The number of nitriles is 1. The highest BCUT2D eigenvalue weighted by Crippen LogP contribution is 2.25. The Morgan fingerprint density at radius 1 is 1.12 bits per heavy atom. The Balaban J connectivity index is 0.000000708. The van der Waals surface area contributed by atoms with Gasteiger partial charge < -0.3 is 10.0 Å². The van der Waals surface area contributed by atoms with Crippen molar-refractivity contribution in [1.82, 2.24) is 25.2 Å². The first-order valence-electron chi connectivity index (χ1n) is 12.8. The summed E-state index contributed by atoms with van der Waals surface area (Å²) in [7, 11) is 2.16. The zero-order chi connectivity index (χ0) is 30.1. The summed E-state index contributed by atoms with van der Waals surface area (Å²) < 4.78 is 31.7. The number of anilines is 1. The van der Waals surface area contributed by atoms with Crippen molar-refractivity contribution in [2.45, 2.75) is 45.8 Å². The van der Waals surface area contributed by atoms with Crippen LogP contribution in [0, 0.1) is 17.2 Å². The predicted octanol–water partition coefficient (Wildman–Crippen LogP) is 3.20. The Hall–Kier alpha value is -3.76. The molecule has 40 heavy (non-hydrogen) atoms. The van der Waals surface area contributed by atoms with Crippen LogP contribution in [0.4, 0.5) is 19.0 Å². The molecular weight excluding hydrogens is 527 g/mol. The molecule has 1 saturated heterocycles. The monoisotopic (exact) mass is 563 g/mol. The molecule has 0 bridgehead atoms. The number of aromatic nitrogens is 2. The number of nitrogens with zero attached hydrogens (tertiary/aromatic N) is 6. The molecule has 1 fully saturated rings. The summed E-state index contributed by atoms with van der Waals surface area (Å²) in [5.41, 5.74) is 4.48. The number of carbonyl (C=O) groups is 2. The number of carbonyl (C=O) groups excluding carboxylic acids is 1. The summed E-state index contributed by atoms with van der Waals surface area (Å²) >= 11 is 0. The van der Waals surface area contributed by atoms with Crippen molar-refractivity contribution >= 4 is 17.7 Å². The highest BCUT2D eigenvalue weighted by atomic mass is 19.4. The van der Waals surface area contributed by atoms with Crippen molar-refractivity contribution in [3.63, 3.8) is 0 Å². The molecule has 0 aliphatic carbocycles. The van der Waals surface area contributed by atoms with Gasteiger partial charge in [0.2, 0.25) is 11.7 Å². The Bertz CT molecular complexity index is 1170. The van der Waals surface area contributed by atoms with Crippen LogP contribution in [-0.4, -0.2) is 82.7 Å². The molecule has 1 aliphatic heterocycles. The Labute approximate surface area is 232 Å². The van der Waals surface area contributed by atoms with Crippen LogP contribution in [0.2, 0.25) is 0 Å². The lowest BCUT2D eigenvalue weighted by molar-refractivity contribution is -0.192. The molecule has 0 saturated carbocycles. The van der Waals surface area contributed by atoms with E-state index in [1.165, 1.54) is 11.8 Å². The van der Waals surface area contributed by atoms with E-state index in [1.807, 2.05) is 19.9 Å². The van der Waals surface area contributed by atoms with Crippen molar-refractivity contribution < 1.29 is 27.9 Å². The van der Waals surface area contributed by atoms with Crippen LogP contribution in [0.25, 0.3) is 0 Å². The summed E-state index contributed by atoms with van der Waals surface area (Å²) in [4.78, 5) is 35.2. The topological polar surface area (TPSA) is 126 Å². The quantitative estimate of drug-likeness (QED) is 0.466. The molecule has 0 spiro atoms. The van der Waals surface area contributed by atoms with Gasteiger partial charge in [0.15, 0.2) is 5.82 Å². The van der Waals surface area contributed by atoms with Gasteiger partial charge in [0, 0.05) is 51.5 Å². The first kappa shape index (κ1) is 32.5. The van der Waals surface area contributed by atoms with Crippen molar-refractivity contribution in [1.29, 1.82) is 5.26 Å². The minimum atomic E-state index is -5.08. The summed E-state index contributed by atoms with van der Waals surface area (Å²) in [6.07, 6.45) is -3.55. The number of likely N-dealkylation sites (N-methyl/N-ethyl adjacent to an activating group) is 1. The van der Waals surface area contributed by atoms with E-state index < -0.39 is 17.6 Å². The maximum atomic E-state index is 13.3. The average Bonchev–Trinajstić information content (AvgIpc) is 2.89. The lowest BCUT2D eigenvalue weighted by atomic mass is 9.83. The number of hydrogen-bond donors (Lipinski definition) is 2. The Kier molecular flexibility index (Phi) is 11.4. The smallest absolute Gasteiger partial charge is 0.475 e. The van der Waals surface area contributed by atoms with Crippen LogP contribution >= 0.6 is 0 Å². The highest BCUT2D eigenvalue weighted by Gasteiger charge is 2.38. The maximum Gasteiger partial charge on any atom is 0.490 e. The first-order chi connectivity index (χ1) is 18.6. The molecule has 1 amide bonds. The number of piperazine rings is 1. The fourth-order valence-electron chi connectivity index (χ4n) is 3.80. The van der Waals surface area contributed by atoms with E-state index in [0.717, 1.165) is 38.3 Å². The minimum absolute atomic E-state index is 0.0747. The second-order valence-corrected chi connectivity index (χ2v) is 10.5. The van der Waals surface area contributed by atoms with Crippen molar-refractivity contribution in [3.05, 3.63) is 53.5 Å². The van der Waals surface area contributed by atoms with Gasteiger partial charge in [-0.05, 0) is 37.9 Å². The lowest BCUT2D eigenvalue weighted by Crippen LogP contribution is -2.51. The van der Waals surface area contributed by atoms with Gasteiger partial charge in [-0.2, -0.15) is 23.4 Å². The summed E-state index contributed by atoms with van der Waals surface area (Å²) in [6.45, 7) is 13.8. The number of hydrazine groups is 1. The number of nitrogens with one attached hydrogen (secondary N) is 1. The van der Waals surface area contributed by atoms with E-state index in [4.69, 9.17) is 15.2 Å². The number of benzene rings is 1. The normalized spacial score (nSPS) is 14.6. The van der Waals surface area contributed by atoms with Gasteiger partial charge in [0.25, 0.3) is 0 Å². The van der Waals surface area contributed by atoms with E-state index in [1.54, 1.807) is 11.1 Å². The number of amides is 1. The Morgan fingerprint density at radius 3 is 2.20 bits per heavy atom. The van der Waals surface area contributed by atoms with Crippen molar-refractivity contribution in [2.75, 3.05) is 44.8 Å². The van der Waals surface area contributed by atoms with Gasteiger partial charge in [0.05, 0.1) is 5.41 Å². The van der Waals surface area contributed by atoms with Gasteiger partial charge in [-0.3, -0.25) is 20.1 Å². The molecule has 3 rings (SSSR count). The second-order valence-electron chi connectivity index (χ2n) is 10.5. The molecule has 0 atom stereocenters. The SMILES string of the molecule is CC(C)CN(NC(=O)C(C)(C)c1ccc(CN2CCN(C)CC2)cc1)c1ccnc(C#N)n1.O=C(O)C(F)(F)F. The van der Waals surface area contributed by atoms with E-state index in [2.05, 4.69) is 70.4 Å². The molecule has 2 N–H and O–H groups in total. The van der Waals surface area contributed by atoms with Crippen LogP contribution in [0.5, 0.6) is 0 Å². The summed E-state index contributed by atoms with van der Waals surface area (Å²) in [6, 6.07) is 12.0. The predicted molar refractivity (Wildman–Crippen MR) is 143 cm³/mol. The van der Waals surface area contributed by atoms with E-state index in [-0.39, 0.29) is 17.6 Å². The zero-order valence-corrected chi connectivity index (χ0v) is 23.4. The molecule has 1 aliphatic rings. The summed E-state index contributed by atoms with van der Waals surface area (Å²) in [5, 5.41) is 18.0. The van der Waals surface area contributed by atoms with Gasteiger partial charge in [-0.25, -0.2) is 9.78 Å². The molecule has 1 aromatic heterocycles. The molecule has 10 nitrogen and oxygen atoms in total. The molecule has 0 unspecified atom stereocenters. The third-order valence-electron chi connectivity index (χ3n) is 6.29. The third-order valence-corrected chi connectivity index (χ3v) is 6.29. The molecule has 1 aromatic carbocycles. The average molecular weight is 564 g/mol. The van der Waals surface area contributed by atoms with Crippen molar-refractivity contribution in [2.24, 2.45) is 5.92 Å². The maximum absolute atomic E-state index is 13.3. The van der Waals surface area contributed by atoms with Gasteiger partial charge in [-0.1, -0.05) is 38.1 Å². The first-order valence-corrected chi connectivity index (χ1v) is 12.8. The van der Waals surface area contributed by atoms with E-state index >= 15 is 0 Å². The highest BCUT2D eigenvalue weighted by molar-refractivity contribution is 5.88. The van der Waals surface area contributed by atoms with Gasteiger partial charge in [0.1, 0.15) is 6.07 Å². The lowest BCUT2D eigenvalue weighted by Gasteiger charge is -2.33. The Morgan fingerprint density at radius 2 is 1.70 bits per heavy atom. The van der Waals surface area contributed by atoms with Crippen LogP contribution in [0.3, 0.4) is 0 Å². The molecule has 218 valence electrons. The van der Waals surface area contributed by atoms with Gasteiger partial charge in [-0.15, -0.1) is 0 Å². The standard InChI is InChI=1S/C25H35N7O.C2HF3O2/c1-19(2)17-32(23-10-11-27-22(16-26)28-23)29-24(33)25(3,4)21-8-6-20(7-9-21)18-31-14-12-30(5)13-15-31;3-2(4,5)1(6)7/h6-11,19H,12-15,17-18H2,1-5H3,(H,29,33);(H,6,7). The summed E-state index contributed by atoms with van der Waals surface area (Å²) in [5.74, 6) is -2.03. The molecule has 2 aromatic rings. The third kappa shape index (κ3) is 9.77. The molecular formula is C27H36F3N7O3. The van der Waals surface area contributed by atoms with Gasteiger partial charge >= 0.3 is 12.1 Å². The second kappa shape index (κ2) is 14.0. The number of carboxylic acids is 1. The van der Waals surface area contributed by atoms with Crippen LogP contribution < -0.4 is 10.4 Å². The fourth-order valence-corrected chi connectivity index (χ4v) is 3.80. The number of carboxylic acid groups (broad SMARTS) is 1. The number of alkyl halides is 3. The number of halogens is 3.